The first-order valence-corrected chi connectivity index (χ1v) is 6.57. The number of rotatable bonds is 5. The monoisotopic (exact) mass is 244 g/mol. The van der Waals surface area contributed by atoms with E-state index in [0.717, 1.165) is 0 Å². The summed E-state index contributed by atoms with van der Waals surface area (Å²) in [6.07, 6.45) is 0.555. The zero-order valence-corrected chi connectivity index (χ0v) is 10.2. The molecule has 0 amide bonds. The normalized spacial score (nSPS) is 11.1. The molecule has 0 heterocycles. The Kier molecular flexibility index (Phi) is 4.00. The van der Waals surface area contributed by atoms with Crippen molar-refractivity contribution >= 4 is 21.4 Å². The first kappa shape index (κ1) is 12.6. The van der Waals surface area contributed by atoms with Crippen LogP contribution < -0.4 is 15.2 Å². The second-order valence-electron chi connectivity index (χ2n) is 3.37. The summed E-state index contributed by atoms with van der Waals surface area (Å²) in [6.45, 7) is 1.80. The second-order valence-corrected chi connectivity index (χ2v) is 5.22. The fourth-order valence-corrected chi connectivity index (χ4v) is 2.39. The van der Waals surface area contributed by atoms with Crippen molar-refractivity contribution in [1.29, 1.82) is 0 Å². The molecule has 16 heavy (non-hydrogen) atoms. The van der Waals surface area contributed by atoms with E-state index in [9.17, 15) is 8.42 Å². The average Bonchev–Trinajstić information content (AvgIpc) is 2.21. The Bertz CT molecular complexity index is 457. The molecule has 0 saturated carbocycles. The molecular weight excluding hydrogens is 228 g/mol. The Balaban J connectivity index is 2.96. The number of sulfonamides is 1. The maximum atomic E-state index is 11.5. The Morgan fingerprint density at radius 2 is 2.12 bits per heavy atom. The first-order valence-electron chi connectivity index (χ1n) is 4.92. The van der Waals surface area contributed by atoms with E-state index in [1.54, 1.807) is 25.1 Å². The molecule has 0 atom stereocenters. The average molecular weight is 244 g/mol. The molecule has 0 aliphatic heterocycles. The van der Waals surface area contributed by atoms with Gasteiger partial charge in [-0.05, 0) is 18.6 Å². The van der Waals surface area contributed by atoms with Gasteiger partial charge in [0.2, 0.25) is 10.0 Å². The minimum absolute atomic E-state index is 0.0731. The molecule has 3 N–H and O–H groups in total. The highest BCUT2D eigenvalue weighted by atomic mass is 32.2. The van der Waals surface area contributed by atoms with Gasteiger partial charge in [-0.1, -0.05) is 6.92 Å². The van der Waals surface area contributed by atoms with Crippen LogP contribution in [0, 0.1) is 0 Å². The molecule has 0 bridgehead atoms. The van der Waals surface area contributed by atoms with Crippen molar-refractivity contribution in [3.8, 4) is 5.75 Å². The minimum atomic E-state index is -3.32. The number of anilines is 2. The molecule has 0 unspecified atom stereocenters. The fraction of sp³-hybridized carbons (Fsp3) is 0.400. The third kappa shape index (κ3) is 3.30. The molecule has 90 valence electrons. The summed E-state index contributed by atoms with van der Waals surface area (Å²) >= 11 is 0. The molecule has 0 aromatic heterocycles. The Morgan fingerprint density at radius 1 is 1.44 bits per heavy atom. The van der Waals surface area contributed by atoms with Crippen molar-refractivity contribution in [3.63, 3.8) is 0 Å². The van der Waals surface area contributed by atoms with Gasteiger partial charge in [-0.25, -0.2) is 8.42 Å². The Hall–Kier alpha value is -1.43. The van der Waals surface area contributed by atoms with Crippen molar-refractivity contribution in [2.45, 2.75) is 13.3 Å². The molecule has 6 heteroatoms. The number of ether oxygens (including phenoxy) is 1. The van der Waals surface area contributed by atoms with E-state index in [1.807, 2.05) is 0 Å². The van der Waals surface area contributed by atoms with E-state index >= 15 is 0 Å². The molecule has 0 aliphatic rings. The van der Waals surface area contributed by atoms with Gasteiger partial charge in [-0.15, -0.1) is 0 Å². The van der Waals surface area contributed by atoms with Gasteiger partial charge in [0.15, 0.2) is 0 Å². The van der Waals surface area contributed by atoms with Crippen LogP contribution in [0.2, 0.25) is 0 Å². The van der Waals surface area contributed by atoms with Crippen molar-refractivity contribution < 1.29 is 13.2 Å². The SMILES string of the molecule is CCCS(=O)(=O)Nc1cc(OC)ccc1N. The molecular formula is C10H16N2O3S. The molecule has 1 rings (SSSR count). The minimum Gasteiger partial charge on any atom is -0.497 e. The highest BCUT2D eigenvalue weighted by Crippen LogP contribution is 2.25. The molecule has 0 fully saturated rings. The summed E-state index contributed by atoms with van der Waals surface area (Å²) in [5.41, 5.74) is 6.39. The predicted octanol–water partition coefficient (Wildman–Crippen LogP) is 1.43. The van der Waals surface area contributed by atoms with Crippen LogP contribution in [0.3, 0.4) is 0 Å². The van der Waals surface area contributed by atoms with Crippen LogP contribution in [0.4, 0.5) is 11.4 Å². The highest BCUT2D eigenvalue weighted by molar-refractivity contribution is 7.92. The molecule has 1 aromatic rings. The fourth-order valence-electron chi connectivity index (χ4n) is 1.24. The summed E-state index contributed by atoms with van der Waals surface area (Å²) in [6, 6.07) is 4.83. The Morgan fingerprint density at radius 3 is 2.69 bits per heavy atom. The van der Waals surface area contributed by atoms with Crippen molar-refractivity contribution in [2.24, 2.45) is 0 Å². The van der Waals surface area contributed by atoms with Gasteiger partial charge in [-0.3, -0.25) is 4.72 Å². The van der Waals surface area contributed by atoms with Gasteiger partial charge in [0, 0.05) is 6.07 Å². The number of hydrogen-bond donors (Lipinski definition) is 2. The molecule has 0 saturated heterocycles. The summed E-state index contributed by atoms with van der Waals surface area (Å²) in [4.78, 5) is 0. The molecule has 0 aliphatic carbocycles. The lowest BCUT2D eigenvalue weighted by atomic mass is 10.2. The van der Waals surface area contributed by atoms with Crippen LogP contribution >= 0.6 is 0 Å². The van der Waals surface area contributed by atoms with E-state index in [-0.39, 0.29) is 5.75 Å². The van der Waals surface area contributed by atoms with Gasteiger partial charge in [0.1, 0.15) is 5.75 Å². The second kappa shape index (κ2) is 5.07. The number of nitrogen functional groups attached to an aromatic ring is 1. The third-order valence-corrected chi connectivity index (χ3v) is 3.48. The van der Waals surface area contributed by atoms with E-state index in [1.165, 1.54) is 7.11 Å². The predicted molar refractivity (Wildman–Crippen MR) is 65.1 cm³/mol. The van der Waals surface area contributed by atoms with Crippen LogP contribution in [-0.2, 0) is 10.0 Å². The van der Waals surface area contributed by atoms with Gasteiger partial charge in [-0.2, -0.15) is 0 Å². The number of nitrogens with two attached hydrogens (primary N) is 1. The van der Waals surface area contributed by atoms with Crippen molar-refractivity contribution in [1.82, 2.24) is 0 Å². The van der Waals surface area contributed by atoms with E-state index < -0.39 is 10.0 Å². The quantitative estimate of drug-likeness (QED) is 0.768. The number of methoxy groups -OCH3 is 1. The van der Waals surface area contributed by atoms with Crippen LogP contribution in [-0.4, -0.2) is 21.3 Å². The smallest absolute Gasteiger partial charge is 0.232 e. The zero-order valence-electron chi connectivity index (χ0n) is 9.36. The topological polar surface area (TPSA) is 81.4 Å². The Labute approximate surface area is 95.7 Å². The van der Waals surface area contributed by atoms with E-state index in [0.29, 0.717) is 23.5 Å². The van der Waals surface area contributed by atoms with E-state index in [4.69, 9.17) is 10.5 Å². The van der Waals surface area contributed by atoms with Gasteiger partial charge in [0.05, 0.1) is 24.2 Å². The highest BCUT2D eigenvalue weighted by Gasteiger charge is 2.11. The number of benzene rings is 1. The van der Waals surface area contributed by atoms with Crippen molar-refractivity contribution in [2.75, 3.05) is 23.3 Å². The first-order chi connectivity index (χ1) is 7.48. The lowest BCUT2D eigenvalue weighted by molar-refractivity contribution is 0.415. The molecule has 5 nitrogen and oxygen atoms in total. The number of hydrogen-bond acceptors (Lipinski definition) is 4. The van der Waals surface area contributed by atoms with Crippen molar-refractivity contribution in [3.05, 3.63) is 18.2 Å². The summed E-state index contributed by atoms with van der Waals surface area (Å²) < 4.78 is 30.5. The third-order valence-electron chi connectivity index (χ3n) is 2.00. The van der Waals surface area contributed by atoms with E-state index in [2.05, 4.69) is 4.72 Å². The van der Waals surface area contributed by atoms with Crippen LogP contribution in [0.25, 0.3) is 0 Å². The lowest BCUT2D eigenvalue weighted by Gasteiger charge is -2.10. The standard InChI is InChI=1S/C10H16N2O3S/c1-3-6-16(13,14)12-10-7-8(15-2)4-5-9(10)11/h4-5,7,12H,3,6,11H2,1-2H3. The summed E-state index contributed by atoms with van der Waals surface area (Å²) in [5, 5.41) is 0. The molecule has 1 aromatic carbocycles. The zero-order chi connectivity index (χ0) is 12.2. The van der Waals surface area contributed by atoms with Crippen LogP contribution in [0.1, 0.15) is 13.3 Å². The summed E-state index contributed by atoms with van der Waals surface area (Å²) in [7, 11) is -1.81. The van der Waals surface area contributed by atoms with Crippen LogP contribution in [0.5, 0.6) is 5.75 Å². The van der Waals surface area contributed by atoms with Gasteiger partial charge >= 0.3 is 0 Å². The van der Waals surface area contributed by atoms with Crippen LogP contribution in [0.15, 0.2) is 18.2 Å². The lowest BCUT2D eigenvalue weighted by Crippen LogP contribution is -2.17. The van der Waals surface area contributed by atoms with Gasteiger partial charge in [0.25, 0.3) is 0 Å². The maximum Gasteiger partial charge on any atom is 0.232 e. The van der Waals surface area contributed by atoms with Gasteiger partial charge < -0.3 is 10.5 Å². The molecule has 0 radical (unpaired) electrons. The summed E-state index contributed by atoms with van der Waals surface area (Å²) in [5.74, 6) is 0.632. The number of nitrogens with one attached hydrogen (secondary N) is 1. The molecule has 0 spiro atoms. The largest absolute Gasteiger partial charge is 0.497 e. The maximum absolute atomic E-state index is 11.5.